The van der Waals surface area contributed by atoms with Gasteiger partial charge in [-0.25, -0.2) is 0 Å². The van der Waals surface area contributed by atoms with E-state index in [1.807, 2.05) is 19.0 Å². The first-order chi connectivity index (χ1) is 13.9. The number of Topliss-reactive ketones (excluding diaryl/α,β-unsaturated/α-hetero) is 1. The maximum absolute atomic E-state index is 13.3. The molecular weight excluding hydrogens is 396 g/mol. The second-order valence-electron chi connectivity index (χ2n) is 7.10. The number of rotatable bonds is 6. The molecule has 0 fully saturated rings. The Kier molecular flexibility index (Phi) is 4.94. The van der Waals surface area contributed by atoms with Crippen molar-refractivity contribution in [3.05, 3.63) is 70.5 Å². The molecule has 29 heavy (non-hydrogen) atoms. The molecule has 8 heteroatoms. The number of aliphatic hydroxyl groups excluding tert-OH is 1. The van der Waals surface area contributed by atoms with Crippen LogP contribution in [0.25, 0.3) is 11.0 Å². The molecule has 0 radical (unpaired) electrons. The van der Waals surface area contributed by atoms with Crippen LogP contribution in [0, 0.1) is 0 Å². The Morgan fingerprint density at radius 2 is 2.07 bits per heavy atom. The number of nitrogens with zero attached hydrogens (tertiary/aromatic N) is 2. The van der Waals surface area contributed by atoms with E-state index >= 15 is 0 Å². The van der Waals surface area contributed by atoms with E-state index < -0.39 is 23.5 Å². The summed E-state index contributed by atoms with van der Waals surface area (Å²) in [5.74, 6) is -1.37. The van der Waals surface area contributed by atoms with Gasteiger partial charge < -0.3 is 23.7 Å². The number of amides is 1. The molecule has 1 unspecified atom stereocenters. The molecule has 0 saturated heterocycles. The first-order valence-electron chi connectivity index (χ1n) is 9.03. The first kappa shape index (κ1) is 19.3. The lowest BCUT2D eigenvalue weighted by atomic mass is 9.99. The fourth-order valence-corrected chi connectivity index (χ4v) is 3.61. The average molecular weight is 415 g/mol. The summed E-state index contributed by atoms with van der Waals surface area (Å²) in [6.45, 7) is 0.870. The molecule has 150 valence electrons. The number of halogens is 1. The van der Waals surface area contributed by atoms with Gasteiger partial charge in [0.05, 0.1) is 11.8 Å². The van der Waals surface area contributed by atoms with E-state index in [-0.39, 0.29) is 11.3 Å². The smallest absolute Gasteiger partial charge is 0.290 e. The van der Waals surface area contributed by atoms with Gasteiger partial charge in [0.2, 0.25) is 5.78 Å². The van der Waals surface area contributed by atoms with Gasteiger partial charge in [-0.15, -0.1) is 0 Å². The molecular formula is C21H19ClN2O5. The van der Waals surface area contributed by atoms with Crippen LogP contribution in [-0.4, -0.2) is 53.8 Å². The highest BCUT2D eigenvalue weighted by molar-refractivity contribution is 6.31. The highest BCUT2D eigenvalue weighted by Crippen LogP contribution is 2.39. The summed E-state index contributed by atoms with van der Waals surface area (Å²) in [4.78, 5) is 29.4. The lowest BCUT2D eigenvalue weighted by molar-refractivity contribution is -0.129. The molecule has 0 bridgehead atoms. The minimum Gasteiger partial charge on any atom is -0.503 e. The number of ketones is 1. The molecule has 7 nitrogen and oxygen atoms in total. The van der Waals surface area contributed by atoms with Crippen LogP contribution < -0.4 is 0 Å². The summed E-state index contributed by atoms with van der Waals surface area (Å²) in [5, 5.41) is 11.7. The summed E-state index contributed by atoms with van der Waals surface area (Å²) in [7, 11) is 3.75. The molecule has 1 aliphatic heterocycles. The topological polar surface area (TPSA) is 87.1 Å². The number of likely N-dealkylation sites (N-methyl/N-ethyl adjacent to an activating group) is 1. The highest BCUT2D eigenvalue weighted by atomic mass is 35.5. The van der Waals surface area contributed by atoms with Crippen molar-refractivity contribution in [2.45, 2.75) is 6.04 Å². The van der Waals surface area contributed by atoms with Gasteiger partial charge >= 0.3 is 0 Å². The molecule has 1 aromatic carbocycles. The number of carbonyl (C=O) groups excluding carboxylic acids is 2. The van der Waals surface area contributed by atoms with Gasteiger partial charge in [0.15, 0.2) is 11.5 Å². The van der Waals surface area contributed by atoms with Crippen LogP contribution >= 0.6 is 11.6 Å². The Balaban J connectivity index is 1.76. The van der Waals surface area contributed by atoms with E-state index in [9.17, 15) is 14.7 Å². The SMILES string of the molecule is CN(C)CCN1C(=O)C(O)=C(C(=O)c2cc3cc(Cl)ccc3o2)C1c1ccco1. The number of benzene rings is 1. The van der Waals surface area contributed by atoms with E-state index in [4.69, 9.17) is 20.4 Å². The van der Waals surface area contributed by atoms with Crippen molar-refractivity contribution in [1.82, 2.24) is 9.80 Å². The van der Waals surface area contributed by atoms with Gasteiger partial charge in [-0.05, 0) is 50.5 Å². The van der Waals surface area contributed by atoms with Gasteiger partial charge in [-0.2, -0.15) is 0 Å². The maximum Gasteiger partial charge on any atom is 0.290 e. The van der Waals surface area contributed by atoms with Crippen molar-refractivity contribution < 1.29 is 23.5 Å². The molecule has 1 N–H and O–H groups in total. The summed E-state index contributed by atoms with van der Waals surface area (Å²) in [5.41, 5.74) is 0.426. The van der Waals surface area contributed by atoms with Gasteiger partial charge in [0, 0.05) is 23.5 Å². The molecule has 4 rings (SSSR count). The normalized spacial score (nSPS) is 17.2. The second kappa shape index (κ2) is 7.42. The summed E-state index contributed by atoms with van der Waals surface area (Å²) >= 11 is 6.00. The van der Waals surface area contributed by atoms with Gasteiger partial charge in [-0.3, -0.25) is 9.59 Å². The summed E-state index contributed by atoms with van der Waals surface area (Å²) in [6, 6.07) is 9.06. The Morgan fingerprint density at radius 1 is 1.28 bits per heavy atom. The van der Waals surface area contributed by atoms with Crippen LogP contribution in [0.3, 0.4) is 0 Å². The maximum atomic E-state index is 13.3. The lowest BCUT2D eigenvalue weighted by Gasteiger charge is -2.26. The zero-order valence-electron chi connectivity index (χ0n) is 15.9. The molecule has 0 aliphatic carbocycles. The Bertz CT molecular complexity index is 1110. The van der Waals surface area contributed by atoms with E-state index in [1.54, 1.807) is 36.4 Å². The van der Waals surface area contributed by atoms with E-state index in [2.05, 4.69) is 0 Å². The number of carbonyl (C=O) groups is 2. The van der Waals surface area contributed by atoms with Crippen molar-refractivity contribution in [2.24, 2.45) is 0 Å². The Morgan fingerprint density at radius 3 is 2.76 bits per heavy atom. The molecule has 2 aromatic heterocycles. The van der Waals surface area contributed by atoms with Gasteiger partial charge in [-0.1, -0.05) is 11.6 Å². The average Bonchev–Trinajstić information content (AvgIpc) is 3.39. The van der Waals surface area contributed by atoms with Crippen molar-refractivity contribution in [3.63, 3.8) is 0 Å². The summed E-state index contributed by atoms with van der Waals surface area (Å²) in [6.07, 6.45) is 1.46. The van der Waals surface area contributed by atoms with Crippen LogP contribution in [0.1, 0.15) is 22.4 Å². The van der Waals surface area contributed by atoms with Gasteiger partial charge in [0.1, 0.15) is 17.4 Å². The summed E-state index contributed by atoms with van der Waals surface area (Å²) < 4.78 is 11.1. The quantitative estimate of drug-likeness (QED) is 0.617. The van der Waals surface area contributed by atoms with Crippen molar-refractivity contribution >= 4 is 34.3 Å². The van der Waals surface area contributed by atoms with Crippen LogP contribution in [0.15, 0.2) is 62.8 Å². The van der Waals surface area contributed by atoms with Crippen LogP contribution in [0.4, 0.5) is 0 Å². The van der Waals surface area contributed by atoms with Crippen molar-refractivity contribution in [2.75, 3.05) is 27.2 Å². The molecule has 1 amide bonds. The van der Waals surface area contributed by atoms with E-state index in [0.717, 1.165) is 0 Å². The van der Waals surface area contributed by atoms with Crippen molar-refractivity contribution in [1.29, 1.82) is 0 Å². The molecule has 0 saturated carbocycles. The zero-order chi connectivity index (χ0) is 20.7. The van der Waals surface area contributed by atoms with E-state index in [0.29, 0.717) is 34.8 Å². The molecule has 1 aliphatic rings. The fourth-order valence-electron chi connectivity index (χ4n) is 3.43. The first-order valence-corrected chi connectivity index (χ1v) is 9.40. The molecule has 3 aromatic rings. The number of hydrogen-bond donors (Lipinski definition) is 1. The minimum absolute atomic E-state index is 0.0163. The second-order valence-corrected chi connectivity index (χ2v) is 7.54. The van der Waals surface area contributed by atoms with Crippen LogP contribution in [0.5, 0.6) is 0 Å². The predicted octanol–water partition coefficient (Wildman–Crippen LogP) is 3.82. The van der Waals surface area contributed by atoms with Crippen molar-refractivity contribution in [3.8, 4) is 0 Å². The minimum atomic E-state index is -0.832. The van der Waals surface area contributed by atoms with E-state index in [1.165, 1.54) is 11.2 Å². The van der Waals surface area contributed by atoms with Gasteiger partial charge in [0.25, 0.3) is 5.91 Å². The van der Waals surface area contributed by atoms with Crippen LogP contribution in [-0.2, 0) is 4.79 Å². The Hall–Kier alpha value is -3.03. The number of hydrogen-bond acceptors (Lipinski definition) is 6. The molecule has 0 spiro atoms. The number of fused-ring (bicyclic) bond motifs is 1. The third-order valence-electron chi connectivity index (χ3n) is 4.85. The third kappa shape index (κ3) is 3.43. The third-order valence-corrected chi connectivity index (χ3v) is 5.09. The molecule has 1 atom stereocenters. The fraction of sp³-hybridized carbons (Fsp3) is 0.238. The highest BCUT2D eigenvalue weighted by Gasteiger charge is 2.45. The number of furan rings is 2. The largest absolute Gasteiger partial charge is 0.503 e. The zero-order valence-corrected chi connectivity index (χ0v) is 16.6. The lowest BCUT2D eigenvalue weighted by Crippen LogP contribution is -2.36. The number of aliphatic hydroxyl groups is 1. The monoisotopic (exact) mass is 414 g/mol. The standard InChI is InChI=1S/C21H19ClN2O5/c1-23(2)7-8-24-18(15-4-3-9-28-15)17(20(26)21(24)27)19(25)16-11-12-10-13(22)5-6-14(12)29-16/h3-6,9-11,18,26H,7-8H2,1-2H3. The predicted molar refractivity (Wildman–Crippen MR) is 107 cm³/mol. The van der Waals surface area contributed by atoms with Crippen LogP contribution in [0.2, 0.25) is 5.02 Å². The Labute approximate surface area is 171 Å². The molecule has 3 heterocycles.